The zero-order valence-corrected chi connectivity index (χ0v) is 17.2. The molecule has 13 heteroatoms. The van der Waals surface area contributed by atoms with Crippen molar-refractivity contribution < 1.29 is 31.3 Å². The topological polar surface area (TPSA) is 110 Å². The van der Waals surface area contributed by atoms with Gasteiger partial charge >= 0.3 is 6.18 Å². The predicted octanol–water partition coefficient (Wildman–Crippen LogP) is 4.08. The summed E-state index contributed by atoms with van der Waals surface area (Å²) in [6.45, 7) is 2.23. The van der Waals surface area contributed by atoms with Gasteiger partial charge in [-0.2, -0.15) is 17.5 Å². The van der Waals surface area contributed by atoms with E-state index in [4.69, 9.17) is 11.6 Å². The quantitative estimate of drug-likeness (QED) is 0.350. The predicted molar refractivity (Wildman–Crippen MR) is 107 cm³/mol. The third kappa shape index (κ3) is 6.03. The number of nitro groups is 1. The summed E-state index contributed by atoms with van der Waals surface area (Å²) in [6, 6.07) is 7.01. The Bertz CT molecular complexity index is 1120. The smallest absolute Gasteiger partial charge is 0.325 e. The van der Waals surface area contributed by atoms with E-state index in [9.17, 15) is 36.5 Å². The molecule has 0 unspecified atom stereocenters. The van der Waals surface area contributed by atoms with E-state index in [0.29, 0.717) is 10.4 Å². The molecular formula is C18H15ClF3N3O5S. The van der Waals surface area contributed by atoms with Gasteiger partial charge in [-0.1, -0.05) is 23.7 Å². The Morgan fingerprint density at radius 1 is 1.26 bits per heavy atom. The van der Waals surface area contributed by atoms with Crippen molar-refractivity contribution in [2.24, 2.45) is 0 Å². The highest BCUT2D eigenvalue weighted by Gasteiger charge is 2.35. The second kappa shape index (κ2) is 9.45. The van der Waals surface area contributed by atoms with Crippen LogP contribution in [0.25, 0.3) is 0 Å². The van der Waals surface area contributed by atoms with Crippen molar-refractivity contribution in [1.82, 2.24) is 4.31 Å². The molecule has 0 aromatic heterocycles. The molecule has 0 saturated heterocycles. The minimum absolute atomic E-state index is 0.0426. The van der Waals surface area contributed by atoms with Crippen molar-refractivity contribution in [1.29, 1.82) is 0 Å². The van der Waals surface area contributed by atoms with E-state index in [1.165, 1.54) is 18.2 Å². The minimum atomic E-state index is -4.88. The zero-order valence-electron chi connectivity index (χ0n) is 15.6. The number of halogens is 4. The monoisotopic (exact) mass is 477 g/mol. The molecule has 166 valence electrons. The third-order valence-corrected chi connectivity index (χ3v) is 6.01. The number of nitrogens with one attached hydrogen (secondary N) is 1. The highest BCUT2D eigenvalue weighted by molar-refractivity contribution is 7.89. The molecule has 0 aliphatic carbocycles. The second-order valence-corrected chi connectivity index (χ2v) is 8.43. The Hall–Kier alpha value is -2.96. The van der Waals surface area contributed by atoms with Crippen molar-refractivity contribution in [2.45, 2.75) is 11.1 Å². The van der Waals surface area contributed by atoms with Gasteiger partial charge in [-0.05, 0) is 24.3 Å². The Morgan fingerprint density at radius 2 is 1.94 bits per heavy atom. The first-order valence-electron chi connectivity index (χ1n) is 8.38. The van der Waals surface area contributed by atoms with E-state index in [2.05, 4.69) is 11.9 Å². The molecule has 2 aromatic carbocycles. The van der Waals surface area contributed by atoms with Crippen LogP contribution < -0.4 is 5.32 Å². The van der Waals surface area contributed by atoms with Gasteiger partial charge in [0.05, 0.1) is 26.9 Å². The molecule has 0 saturated carbocycles. The molecule has 0 heterocycles. The summed E-state index contributed by atoms with van der Waals surface area (Å²) in [5, 5.41) is 12.5. The summed E-state index contributed by atoms with van der Waals surface area (Å²) in [5.74, 6) is -0.865. The molecule has 0 bridgehead atoms. The van der Waals surface area contributed by atoms with E-state index in [1.54, 1.807) is 0 Å². The number of carbonyl (C=O) groups excluding carboxylic acids is 1. The lowest BCUT2D eigenvalue weighted by molar-refractivity contribution is -0.384. The van der Waals surface area contributed by atoms with Gasteiger partial charge < -0.3 is 5.32 Å². The maximum atomic E-state index is 13.1. The standard InChI is InChI=1S/C18H15ClF3N3O5S/c1-2-8-24(11-17(26)23-12-4-3-5-13(9-12)25(27)28)31(29,30)14-6-7-16(19)15(10-14)18(20,21)22/h2-7,9-10H,1,8,11H2,(H,23,26). The fraction of sp³-hybridized carbons (Fsp3) is 0.167. The van der Waals surface area contributed by atoms with Gasteiger partial charge in [-0.25, -0.2) is 8.42 Å². The summed E-state index contributed by atoms with van der Waals surface area (Å²) < 4.78 is 65.6. The van der Waals surface area contributed by atoms with Gasteiger partial charge in [0.25, 0.3) is 5.69 Å². The number of carbonyl (C=O) groups is 1. The first-order valence-corrected chi connectivity index (χ1v) is 10.2. The lowest BCUT2D eigenvalue weighted by Gasteiger charge is -2.21. The highest BCUT2D eigenvalue weighted by atomic mass is 35.5. The molecule has 0 aliphatic heterocycles. The lowest BCUT2D eigenvalue weighted by atomic mass is 10.2. The van der Waals surface area contributed by atoms with E-state index in [-0.39, 0.29) is 17.9 Å². The van der Waals surface area contributed by atoms with Crippen molar-refractivity contribution in [2.75, 3.05) is 18.4 Å². The number of hydrogen-bond acceptors (Lipinski definition) is 5. The average Bonchev–Trinajstić information content (AvgIpc) is 2.67. The second-order valence-electron chi connectivity index (χ2n) is 6.08. The third-order valence-electron chi connectivity index (χ3n) is 3.87. The van der Waals surface area contributed by atoms with Crippen LogP contribution in [-0.4, -0.2) is 36.6 Å². The van der Waals surface area contributed by atoms with Gasteiger partial charge in [0, 0.05) is 24.4 Å². The molecule has 1 N–H and O–H groups in total. The Labute approximate surface area is 180 Å². The molecule has 0 aliphatic rings. The Kier molecular flexibility index (Phi) is 7.41. The average molecular weight is 478 g/mol. The number of non-ortho nitro benzene ring substituents is 1. The van der Waals surface area contributed by atoms with Gasteiger partial charge in [0.2, 0.25) is 15.9 Å². The fourth-order valence-corrected chi connectivity index (χ4v) is 4.10. The number of benzene rings is 2. The molecule has 8 nitrogen and oxygen atoms in total. The number of anilines is 1. The first-order chi connectivity index (χ1) is 14.4. The number of alkyl halides is 3. The van der Waals surface area contributed by atoms with Crippen LogP contribution in [0.4, 0.5) is 24.5 Å². The van der Waals surface area contributed by atoms with E-state index >= 15 is 0 Å². The van der Waals surface area contributed by atoms with Crippen LogP contribution in [0.2, 0.25) is 5.02 Å². The molecule has 2 aromatic rings. The van der Waals surface area contributed by atoms with E-state index < -0.39 is 49.1 Å². The summed E-state index contributed by atoms with van der Waals surface area (Å²) in [4.78, 5) is 21.7. The molecule has 31 heavy (non-hydrogen) atoms. The van der Waals surface area contributed by atoms with Crippen LogP contribution in [-0.2, 0) is 21.0 Å². The van der Waals surface area contributed by atoms with Crippen LogP contribution in [0.1, 0.15) is 5.56 Å². The van der Waals surface area contributed by atoms with Crippen LogP contribution >= 0.6 is 11.6 Å². The summed E-state index contributed by atoms with van der Waals surface area (Å²) in [6.07, 6.45) is -3.73. The molecule has 2 rings (SSSR count). The highest BCUT2D eigenvalue weighted by Crippen LogP contribution is 2.36. The number of rotatable bonds is 8. The van der Waals surface area contributed by atoms with Gasteiger partial charge in [-0.3, -0.25) is 14.9 Å². The van der Waals surface area contributed by atoms with Crippen molar-refractivity contribution in [3.05, 3.63) is 75.8 Å². The summed E-state index contributed by atoms with van der Waals surface area (Å²) in [7, 11) is -4.54. The first kappa shape index (κ1) is 24.3. The number of hydrogen-bond donors (Lipinski definition) is 1. The Morgan fingerprint density at radius 3 is 2.52 bits per heavy atom. The van der Waals surface area contributed by atoms with Crippen LogP contribution in [0.5, 0.6) is 0 Å². The van der Waals surface area contributed by atoms with E-state index in [1.807, 2.05) is 0 Å². The summed E-state index contributed by atoms with van der Waals surface area (Å²) in [5.41, 5.74) is -1.59. The maximum Gasteiger partial charge on any atom is 0.417 e. The largest absolute Gasteiger partial charge is 0.417 e. The van der Waals surface area contributed by atoms with Gasteiger partial charge in [-0.15, -0.1) is 6.58 Å². The number of amides is 1. The normalized spacial score (nSPS) is 11.9. The fourth-order valence-electron chi connectivity index (χ4n) is 2.48. The van der Waals surface area contributed by atoms with E-state index in [0.717, 1.165) is 24.3 Å². The van der Waals surface area contributed by atoms with Crippen LogP contribution in [0, 0.1) is 10.1 Å². The Balaban J connectivity index is 2.30. The zero-order chi connectivity index (χ0) is 23.4. The number of nitrogens with zero attached hydrogens (tertiary/aromatic N) is 2. The lowest BCUT2D eigenvalue weighted by Crippen LogP contribution is -2.38. The van der Waals surface area contributed by atoms with Gasteiger partial charge in [0.1, 0.15) is 0 Å². The summed E-state index contributed by atoms with van der Waals surface area (Å²) >= 11 is 5.52. The molecule has 1 amide bonds. The number of sulfonamides is 1. The van der Waals surface area contributed by atoms with Crippen molar-refractivity contribution in [3.63, 3.8) is 0 Å². The maximum absolute atomic E-state index is 13.1. The molecule has 0 radical (unpaired) electrons. The number of nitro benzene ring substituents is 1. The van der Waals surface area contributed by atoms with Crippen molar-refractivity contribution >= 4 is 38.9 Å². The van der Waals surface area contributed by atoms with Gasteiger partial charge in [0.15, 0.2) is 0 Å². The minimum Gasteiger partial charge on any atom is -0.325 e. The molecule has 0 spiro atoms. The SMILES string of the molecule is C=CCN(CC(=O)Nc1cccc([N+](=O)[O-])c1)S(=O)(=O)c1ccc(Cl)c(C(F)(F)F)c1. The van der Waals surface area contributed by atoms with Crippen LogP contribution in [0.3, 0.4) is 0 Å². The molecule has 0 atom stereocenters. The van der Waals surface area contributed by atoms with Crippen molar-refractivity contribution in [3.8, 4) is 0 Å². The molecular weight excluding hydrogens is 463 g/mol. The van der Waals surface area contributed by atoms with Crippen LogP contribution in [0.15, 0.2) is 60.0 Å². The molecule has 0 fully saturated rings.